The normalized spacial score (nSPS) is 11.4. The molecule has 0 spiro atoms. The number of para-hydroxylation sites is 2. The molecule has 2 aromatic heterocycles. The Kier molecular flexibility index (Phi) is 4.72. The number of rotatable bonds is 4. The minimum Gasteiger partial charge on any atom is -0.321 e. The van der Waals surface area contributed by atoms with Crippen molar-refractivity contribution in [3.63, 3.8) is 0 Å². The number of nitrogens with zero attached hydrogens (tertiary/aromatic N) is 3. The number of aromatic nitrogens is 3. The van der Waals surface area contributed by atoms with Crippen molar-refractivity contribution in [3.8, 4) is 11.3 Å². The van der Waals surface area contributed by atoms with E-state index >= 15 is 0 Å². The number of hydrazone groups is 1. The van der Waals surface area contributed by atoms with Gasteiger partial charge in [-0.1, -0.05) is 66.7 Å². The standard InChI is InChI=1S/C25H19N5O/c1-16-8-7-11-18-14-19(24(31)28-22(16)18)15-26-30-25-27-21-13-6-5-12-20(21)23(29-25)17-9-3-2-4-10-17/h2-15H,1H3,(H,28,31)(H,27,29,30)/b26-15-. The first-order valence-corrected chi connectivity index (χ1v) is 9.93. The summed E-state index contributed by atoms with van der Waals surface area (Å²) in [5.74, 6) is 0.363. The molecule has 0 bridgehead atoms. The molecule has 6 nitrogen and oxygen atoms in total. The molecule has 0 saturated heterocycles. The van der Waals surface area contributed by atoms with Crippen molar-refractivity contribution in [1.82, 2.24) is 15.0 Å². The van der Waals surface area contributed by atoms with Crippen LogP contribution < -0.4 is 11.0 Å². The number of H-pyrrole nitrogens is 1. The van der Waals surface area contributed by atoms with E-state index in [4.69, 9.17) is 0 Å². The molecule has 0 atom stereocenters. The second-order valence-corrected chi connectivity index (χ2v) is 7.24. The van der Waals surface area contributed by atoms with E-state index in [9.17, 15) is 4.79 Å². The molecular formula is C25H19N5O. The van der Waals surface area contributed by atoms with Gasteiger partial charge in [0.1, 0.15) is 0 Å². The molecule has 3 aromatic carbocycles. The lowest BCUT2D eigenvalue weighted by Crippen LogP contribution is -2.12. The lowest BCUT2D eigenvalue weighted by molar-refractivity contribution is 1.15. The van der Waals surface area contributed by atoms with Crippen molar-refractivity contribution < 1.29 is 0 Å². The Morgan fingerprint density at radius 1 is 0.935 bits per heavy atom. The Labute approximate surface area is 178 Å². The van der Waals surface area contributed by atoms with Gasteiger partial charge in [0.15, 0.2) is 0 Å². The molecule has 0 aliphatic carbocycles. The van der Waals surface area contributed by atoms with E-state index in [1.54, 1.807) is 0 Å². The quantitative estimate of drug-likeness (QED) is 0.329. The van der Waals surface area contributed by atoms with Crippen LogP contribution >= 0.6 is 0 Å². The molecular weight excluding hydrogens is 386 g/mol. The molecule has 5 aromatic rings. The Morgan fingerprint density at radius 3 is 2.61 bits per heavy atom. The molecule has 0 radical (unpaired) electrons. The van der Waals surface area contributed by atoms with Gasteiger partial charge in [0.25, 0.3) is 5.56 Å². The van der Waals surface area contributed by atoms with Crippen LogP contribution in [0.3, 0.4) is 0 Å². The second kappa shape index (κ2) is 7.84. The largest absolute Gasteiger partial charge is 0.321 e. The maximum atomic E-state index is 12.4. The molecule has 0 aliphatic rings. The van der Waals surface area contributed by atoms with Crippen LogP contribution in [0, 0.1) is 6.92 Å². The van der Waals surface area contributed by atoms with Crippen LogP contribution in [-0.2, 0) is 0 Å². The summed E-state index contributed by atoms with van der Waals surface area (Å²) in [6, 6.07) is 25.5. The average molecular weight is 405 g/mol. The highest BCUT2D eigenvalue weighted by molar-refractivity contribution is 5.93. The Bertz CT molecular complexity index is 1490. The van der Waals surface area contributed by atoms with Gasteiger partial charge in [-0.15, -0.1) is 0 Å². The first-order chi connectivity index (χ1) is 15.2. The number of fused-ring (bicyclic) bond motifs is 2. The monoisotopic (exact) mass is 405 g/mol. The van der Waals surface area contributed by atoms with Gasteiger partial charge in [0.2, 0.25) is 5.95 Å². The van der Waals surface area contributed by atoms with Crippen LogP contribution in [0.5, 0.6) is 0 Å². The molecule has 0 amide bonds. The smallest absolute Gasteiger partial charge is 0.257 e. The van der Waals surface area contributed by atoms with Gasteiger partial charge in [0.05, 0.1) is 28.5 Å². The number of aryl methyl sites for hydroxylation is 1. The van der Waals surface area contributed by atoms with E-state index in [1.165, 1.54) is 6.21 Å². The third-order valence-corrected chi connectivity index (χ3v) is 5.14. The van der Waals surface area contributed by atoms with Gasteiger partial charge in [-0.05, 0) is 30.0 Å². The summed E-state index contributed by atoms with van der Waals surface area (Å²) in [6.45, 7) is 1.97. The summed E-state index contributed by atoms with van der Waals surface area (Å²) < 4.78 is 0. The first-order valence-electron chi connectivity index (χ1n) is 9.93. The summed E-state index contributed by atoms with van der Waals surface area (Å²) in [4.78, 5) is 24.6. The summed E-state index contributed by atoms with van der Waals surface area (Å²) in [5, 5.41) is 6.14. The zero-order chi connectivity index (χ0) is 21.2. The van der Waals surface area contributed by atoms with Crippen LogP contribution in [0.2, 0.25) is 0 Å². The van der Waals surface area contributed by atoms with E-state index in [0.717, 1.165) is 38.6 Å². The van der Waals surface area contributed by atoms with Crippen molar-refractivity contribution in [3.05, 3.63) is 100 Å². The topological polar surface area (TPSA) is 83.0 Å². The van der Waals surface area contributed by atoms with Gasteiger partial charge in [-0.3, -0.25) is 4.79 Å². The van der Waals surface area contributed by atoms with Crippen LogP contribution in [0.25, 0.3) is 33.1 Å². The van der Waals surface area contributed by atoms with Crippen LogP contribution in [0.15, 0.2) is 88.8 Å². The third-order valence-electron chi connectivity index (χ3n) is 5.14. The zero-order valence-corrected chi connectivity index (χ0v) is 16.8. The molecule has 5 rings (SSSR count). The summed E-state index contributed by atoms with van der Waals surface area (Å²) >= 11 is 0. The second-order valence-electron chi connectivity index (χ2n) is 7.24. The molecule has 0 unspecified atom stereocenters. The minimum atomic E-state index is -0.197. The molecule has 6 heteroatoms. The number of hydrogen-bond acceptors (Lipinski definition) is 5. The van der Waals surface area contributed by atoms with Crippen molar-refractivity contribution >= 4 is 34.0 Å². The van der Waals surface area contributed by atoms with E-state index in [1.807, 2.05) is 85.8 Å². The summed E-state index contributed by atoms with van der Waals surface area (Å²) in [5.41, 5.74) is 7.62. The van der Waals surface area contributed by atoms with Crippen molar-refractivity contribution in [2.24, 2.45) is 5.10 Å². The van der Waals surface area contributed by atoms with E-state index in [0.29, 0.717) is 11.5 Å². The number of hydrogen-bond donors (Lipinski definition) is 2. The maximum absolute atomic E-state index is 12.4. The van der Waals surface area contributed by atoms with Gasteiger partial charge in [0, 0.05) is 10.9 Å². The van der Waals surface area contributed by atoms with E-state index < -0.39 is 0 Å². The van der Waals surface area contributed by atoms with E-state index in [2.05, 4.69) is 25.5 Å². The highest BCUT2D eigenvalue weighted by atomic mass is 16.1. The lowest BCUT2D eigenvalue weighted by atomic mass is 10.1. The predicted octanol–water partition coefficient (Wildman–Crippen LogP) is 4.89. The van der Waals surface area contributed by atoms with Gasteiger partial charge in [-0.25, -0.2) is 15.4 Å². The zero-order valence-electron chi connectivity index (χ0n) is 16.8. The van der Waals surface area contributed by atoms with Crippen LogP contribution in [0.4, 0.5) is 5.95 Å². The fraction of sp³-hybridized carbons (Fsp3) is 0.0400. The maximum Gasteiger partial charge on any atom is 0.257 e. The Morgan fingerprint density at radius 2 is 1.74 bits per heavy atom. The predicted molar refractivity (Wildman–Crippen MR) is 125 cm³/mol. The van der Waals surface area contributed by atoms with Crippen molar-refractivity contribution in [1.29, 1.82) is 0 Å². The SMILES string of the molecule is Cc1cccc2cc(/C=N\Nc3nc(-c4ccccc4)c4ccccc4n3)c(=O)[nH]c12. The van der Waals surface area contributed by atoms with Crippen molar-refractivity contribution in [2.75, 3.05) is 5.43 Å². The highest BCUT2D eigenvalue weighted by Crippen LogP contribution is 2.27. The fourth-order valence-corrected chi connectivity index (χ4v) is 3.60. The molecule has 0 fully saturated rings. The Balaban J connectivity index is 1.50. The number of anilines is 1. The van der Waals surface area contributed by atoms with Crippen LogP contribution in [0.1, 0.15) is 11.1 Å². The molecule has 150 valence electrons. The van der Waals surface area contributed by atoms with E-state index in [-0.39, 0.29) is 5.56 Å². The number of benzene rings is 3. The number of pyridine rings is 1. The number of nitrogens with one attached hydrogen (secondary N) is 2. The molecule has 31 heavy (non-hydrogen) atoms. The highest BCUT2D eigenvalue weighted by Gasteiger charge is 2.09. The van der Waals surface area contributed by atoms with Gasteiger partial charge >= 0.3 is 0 Å². The van der Waals surface area contributed by atoms with Crippen molar-refractivity contribution in [2.45, 2.75) is 6.92 Å². The van der Waals surface area contributed by atoms with Gasteiger partial charge in [-0.2, -0.15) is 5.10 Å². The Hall–Kier alpha value is -4.32. The molecule has 0 saturated carbocycles. The van der Waals surface area contributed by atoms with Crippen LogP contribution in [-0.4, -0.2) is 21.2 Å². The number of aromatic amines is 1. The molecule has 2 N–H and O–H groups in total. The molecule has 2 heterocycles. The average Bonchev–Trinajstić information content (AvgIpc) is 2.80. The lowest BCUT2D eigenvalue weighted by Gasteiger charge is -2.08. The first kappa shape index (κ1) is 18.7. The fourth-order valence-electron chi connectivity index (χ4n) is 3.60. The summed E-state index contributed by atoms with van der Waals surface area (Å²) in [7, 11) is 0. The van der Waals surface area contributed by atoms with Gasteiger partial charge < -0.3 is 4.98 Å². The summed E-state index contributed by atoms with van der Waals surface area (Å²) in [6.07, 6.45) is 1.49. The minimum absolute atomic E-state index is 0.197. The molecule has 0 aliphatic heterocycles. The third kappa shape index (κ3) is 3.67.